The summed E-state index contributed by atoms with van der Waals surface area (Å²) in [5, 5.41) is -0.363. The maximum Gasteiger partial charge on any atom is 0.331 e. The van der Waals surface area contributed by atoms with E-state index in [4.69, 9.17) is 0 Å². The molecule has 0 N–H and O–H groups in total. The molecule has 0 aromatic rings. The fourth-order valence-corrected chi connectivity index (χ4v) is 2.08. The second-order valence-corrected chi connectivity index (χ2v) is 4.35. The predicted octanol–water partition coefficient (Wildman–Crippen LogP) is 1.74. The topological polar surface area (TPSA) is 63.7 Å². The summed E-state index contributed by atoms with van der Waals surface area (Å²) in [5.74, 6) is -0.513. The first-order valence-corrected chi connectivity index (χ1v) is 5.60. The average molecular weight is 221 g/mol. The normalized spacial score (nSPS) is 11.1. The molecule has 0 fully saturated rings. The van der Waals surface area contributed by atoms with Crippen LogP contribution in [0.15, 0.2) is 0 Å². The van der Waals surface area contributed by atoms with Gasteiger partial charge in [-0.15, -0.1) is 0 Å². The number of carbonyl (C=O) groups is 1. The third-order valence-corrected chi connectivity index (χ3v) is 4.00. The van der Waals surface area contributed by atoms with Crippen LogP contribution in [0, 0.1) is 0 Å². The van der Waals surface area contributed by atoms with E-state index in [0.717, 1.165) is 5.06 Å². The summed E-state index contributed by atoms with van der Waals surface area (Å²) >= 11 is 0. The van der Waals surface area contributed by atoms with Gasteiger partial charge < -0.3 is 0 Å². The van der Waals surface area contributed by atoms with Gasteiger partial charge in [0.2, 0.25) is 0 Å². The molecule has 0 saturated heterocycles. The largest absolute Gasteiger partial charge is 0.331 e. The number of rotatable bonds is 5. The summed E-state index contributed by atoms with van der Waals surface area (Å²) in [4.78, 5) is 16.4. The van der Waals surface area contributed by atoms with Crippen LogP contribution in [0.25, 0.3) is 0 Å². The summed E-state index contributed by atoms with van der Waals surface area (Å²) in [5.41, 5.74) is 0. The highest BCUT2D eigenvalue weighted by Gasteiger charge is 2.43. The zero-order chi connectivity index (χ0) is 11.4. The van der Waals surface area contributed by atoms with Crippen molar-refractivity contribution in [3.8, 4) is 0 Å². The van der Waals surface area contributed by atoms with Gasteiger partial charge >= 0.3 is 7.68 Å². The number of hydrogen-bond donors (Lipinski definition) is 0. The van der Waals surface area contributed by atoms with E-state index < -0.39 is 18.7 Å². The van der Waals surface area contributed by atoms with Crippen LogP contribution in [0.2, 0.25) is 0 Å². The van der Waals surface area contributed by atoms with Crippen LogP contribution in [-0.2, 0) is 18.8 Å². The Hall–Kier alpha value is -0.670. The molecule has 0 radical (unpaired) electrons. The van der Waals surface area contributed by atoms with Gasteiger partial charge in [0.25, 0.3) is 5.91 Å². The first kappa shape index (κ1) is 13.3. The maximum atomic E-state index is 11.7. The molecule has 0 unspecified atom stereocenters. The highest BCUT2D eigenvalue weighted by atomic mass is 31.1. The van der Waals surface area contributed by atoms with Crippen molar-refractivity contribution in [1.29, 1.82) is 0 Å². The van der Waals surface area contributed by atoms with Crippen molar-refractivity contribution in [3.63, 3.8) is 0 Å². The number of hydrogen-bond acceptors (Lipinski definition) is 4. The third kappa shape index (κ3) is 2.22. The van der Waals surface area contributed by atoms with Crippen molar-refractivity contribution in [3.05, 3.63) is 0 Å². The van der Waals surface area contributed by atoms with E-state index >= 15 is 0 Å². The molecule has 6 heteroatoms. The molecule has 0 spiro atoms. The van der Waals surface area contributed by atoms with E-state index in [-0.39, 0.29) is 12.8 Å². The van der Waals surface area contributed by atoms with Crippen molar-refractivity contribution in [2.75, 3.05) is 14.2 Å². The molecule has 0 aromatic carbocycles. The highest BCUT2D eigenvalue weighted by Crippen LogP contribution is 2.37. The molecule has 0 heterocycles. The summed E-state index contributed by atoms with van der Waals surface area (Å²) in [6, 6.07) is 0. The van der Waals surface area contributed by atoms with E-state index in [1.807, 2.05) is 0 Å². The van der Waals surface area contributed by atoms with Gasteiger partial charge in [0, 0.05) is 7.05 Å². The molecule has 0 atom stereocenters. The monoisotopic (exact) mass is 221 g/mol. The molecular formula is C8H16NO4P. The van der Waals surface area contributed by atoms with Gasteiger partial charge in [0.05, 0.1) is 7.11 Å². The van der Waals surface area contributed by atoms with Gasteiger partial charge in [-0.2, -0.15) is 0 Å². The van der Waals surface area contributed by atoms with E-state index in [1.54, 1.807) is 13.8 Å². The molecule has 0 aliphatic heterocycles. The van der Waals surface area contributed by atoms with Crippen LogP contribution in [0.3, 0.4) is 0 Å². The summed E-state index contributed by atoms with van der Waals surface area (Å²) in [7, 11) is -0.0679. The number of hydroxylamine groups is 2. The molecule has 0 rings (SSSR count). The van der Waals surface area contributed by atoms with E-state index in [9.17, 15) is 13.9 Å². The Kier molecular flexibility index (Phi) is 5.02. The molecule has 0 bridgehead atoms. The highest BCUT2D eigenvalue weighted by molar-refractivity contribution is 7.34. The quantitative estimate of drug-likeness (QED) is 0.524. The van der Waals surface area contributed by atoms with E-state index in [2.05, 4.69) is 4.84 Å². The van der Waals surface area contributed by atoms with Gasteiger partial charge in [0.15, 0.2) is 5.16 Å². The Balaban J connectivity index is 5.10. The molecular weight excluding hydrogens is 205 g/mol. The molecule has 82 valence electrons. The molecule has 1 amide bonds. The van der Waals surface area contributed by atoms with Gasteiger partial charge in [-0.3, -0.25) is 9.63 Å². The van der Waals surface area contributed by atoms with E-state index in [1.165, 1.54) is 14.2 Å². The van der Waals surface area contributed by atoms with E-state index in [0.29, 0.717) is 0 Å². The van der Waals surface area contributed by atoms with Gasteiger partial charge in [-0.1, -0.05) is 13.8 Å². The summed E-state index contributed by atoms with van der Waals surface area (Å²) in [6.07, 6.45) is 0.517. The zero-order valence-electron chi connectivity index (χ0n) is 8.94. The lowest BCUT2D eigenvalue weighted by Gasteiger charge is -2.26. The molecule has 0 aromatic heterocycles. The number of amides is 1. The standard InChI is InChI=1S/C8H16NO4P/c1-5-8(6-2,14(11)12)7(10)9(3)13-4/h5-6H2,1-4H3. The lowest BCUT2D eigenvalue weighted by Crippen LogP contribution is -2.43. The Labute approximate surface area is 84.2 Å². The van der Waals surface area contributed by atoms with Gasteiger partial charge in [-0.05, 0) is 12.8 Å². The van der Waals surface area contributed by atoms with Crippen LogP contribution in [0.1, 0.15) is 26.7 Å². The van der Waals surface area contributed by atoms with Gasteiger partial charge in [-0.25, -0.2) is 14.2 Å². The number of carbonyl (C=O) groups excluding carboxylic acids is 1. The minimum absolute atomic E-state index is 0.259. The lowest BCUT2D eigenvalue weighted by atomic mass is 10.0. The molecule has 0 saturated carbocycles. The first-order valence-electron chi connectivity index (χ1n) is 4.43. The molecule has 14 heavy (non-hydrogen) atoms. The van der Waals surface area contributed by atoms with Crippen LogP contribution in [-0.4, -0.2) is 30.3 Å². The van der Waals surface area contributed by atoms with Crippen LogP contribution < -0.4 is 0 Å². The first-order chi connectivity index (χ1) is 6.46. The van der Waals surface area contributed by atoms with Crippen LogP contribution in [0.4, 0.5) is 0 Å². The lowest BCUT2D eigenvalue weighted by molar-refractivity contribution is -0.172. The van der Waals surface area contributed by atoms with Crippen molar-refractivity contribution in [1.82, 2.24) is 5.06 Å². The predicted molar refractivity (Wildman–Crippen MR) is 51.4 cm³/mol. The molecule has 5 nitrogen and oxygen atoms in total. The van der Waals surface area contributed by atoms with Crippen molar-refractivity contribution < 1.29 is 18.8 Å². The number of nitrogens with zero attached hydrogens (tertiary/aromatic N) is 1. The Morgan fingerprint density at radius 1 is 1.36 bits per heavy atom. The Morgan fingerprint density at radius 2 is 1.79 bits per heavy atom. The fourth-order valence-electron chi connectivity index (χ4n) is 1.26. The van der Waals surface area contributed by atoms with Crippen molar-refractivity contribution >= 4 is 13.6 Å². The summed E-state index contributed by atoms with van der Waals surface area (Å²) in [6.45, 7) is 3.35. The Morgan fingerprint density at radius 3 is 2.00 bits per heavy atom. The second kappa shape index (κ2) is 5.27. The Bertz CT molecular complexity index is 263. The molecule has 0 aliphatic carbocycles. The van der Waals surface area contributed by atoms with Crippen molar-refractivity contribution in [2.45, 2.75) is 31.8 Å². The fraction of sp³-hybridized carbons (Fsp3) is 0.875. The minimum Gasteiger partial charge on any atom is -0.275 e. The van der Waals surface area contributed by atoms with Crippen molar-refractivity contribution in [2.24, 2.45) is 0 Å². The molecule has 0 aliphatic rings. The zero-order valence-corrected chi connectivity index (χ0v) is 9.84. The SMILES string of the molecule is CCC(CC)(C(=O)N(C)OC)P(=O)=O. The average Bonchev–Trinajstić information content (AvgIpc) is 2.18. The third-order valence-electron chi connectivity index (χ3n) is 2.48. The van der Waals surface area contributed by atoms with Crippen LogP contribution >= 0.6 is 7.68 Å². The summed E-state index contributed by atoms with van der Waals surface area (Å²) < 4.78 is 22.2. The minimum atomic E-state index is -2.80. The smallest absolute Gasteiger partial charge is 0.275 e. The van der Waals surface area contributed by atoms with Crippen LogP contribution in [0.5, 0.6) is 0 Å². The maximum absolute atomic E-state index is 11.7. The van der Waals surface area contributed by atoms with Gasteiger partial charge in [0.1, 0.15) is 0 Å². The second-order valence-electron chi connectivity index (χ2n) is 2.98.